The number of carbonyl (C=O) groups is 1. The molecule has 2 rings (SSSR count). The fourth-order valence-corrected chi connectivity index (χ4v) is 2.13. The minimum Gasteiger partial charge on any atom is -0.352 e. The van der Waals surface area contributed by atoms with Crippen LogP contribution < -0.4 is 10.6 Å². The van der Waals surface area contributed by atoms with E-state index in [0.29, 0.717) is 6.04 Å². The molecule has 0 aromatic carbocycles. The predicted octanol–water partition coefficient (Wildman–Crippen LogP) is 0.821. The fraction of sp³-hybridized carbons (Fsp3) is 0.727. The van der Waals surface area contributed by atoms with Crippen molar-refractivity contribution < 1.29 is 4.79 Å². The van der Waals surface area contributed by atoms with E-state index in [2.05, 4.69) is 22.8 Å². The van der Waals surface area contributed by atoms with Gasteiger partial charge in [0.25, 0.3) is 0 Å². The molecular formula is C11H18N2O. The maximum Gasteiger partial charge on any atom is 0.223 e. The molecule has 0 radical (unpaired) electrons. The van der Waals surface area contributed by atoms with Gasteiger partial charge in [-0.15, -0.1) is 0 Å². The summed E-state index contributed by atoms with van der Waals surface area (Å²) in [5, 5.41) is 6.37. The van der Waals surface area contributed by atoms with Crippen LogP contribution in [0.5, 0.6) is 0 Å². The van der Waals surface area contributed by atoms with Crippen LogP contribution in [0.4, 0.5) is 0 Å². The van der Waals surface area contributed by atoms with Gasteiger partial charge in [-0.3, -0.25) is 4.79 Å². The molecule has 1 fully saturated rings. The normalized spacial score (nSPS) is 31.7. The van der Waals surface area contributed by atoms with Crippen molar-refractivity contribution in [3.05, 3.63) is 12.2 Å². The number of allylic oxidation sites excluding steroid dienone is 2. The summed E-state index contributed by atoms with van der Waals surface area (Å²) >= 11 is 0. The first kappa shape index (κ1) is 9.71. The highest BCUT2D eigenvalue weighted by Gasteiger charge is 2.22. The van der Waals surface area contributed by atoms with E-state index in [4.69, 9.17) is 0 Å². The van der Waals surface area contributed by atoms with Crippen LogP contribution in [0.1, 0.15) is 25.7 Å². The van der Waals surface area contributed by atoms with Crippen molar-refractivity contribution >= 4 is 5.91 Å². The Morgan fingerprint density at radius 1 is 1.36 bits per heavy atom. The monoisotopic (exact) mass is 194 g/mol. The van der Waals surface area contributed by atoms with Gasteiger partial charge in [-0.05, 0) is 32.2 Å². The molecule has 1 amide bonds. The zero-order valence-electron chi connectivity index (χ0n) is 8.46. The lowest BCUT2D eigenvalue weighted by Crippen LogP contribution is -2.40. The van der Waals surface area contributed by atoms with Gasteiger partial charge in [0.2, 0.25) is 5.91 Å². The Labute approximate surface area is 84.9 Å². The molecule has 78 valence electrons. The lowest BCUT2D eigenvalue weighted by atomic mass is 9.93. The number of nitrogens with one attached hydrogen (secondary N) is 2. The van der Waals surface area contributed by atoms with Gasteiger partial charge < -0.3 is 10.6 Å². The average Bonchev–Trinajstić information content (AvgIpc) is 2.72. The summed E-state index contributed by atoms with van der Waals surface area (Å²) in [5.74, 6) is 0.476. The van der Waals surface area contributed by atoms with Gasteiger partial charge in [-0.2, -0.15) is 0 Å². The number of hydrogen-bond acceptors (Lipinski definition) is 2. The van der Waals surface area contributed by atoms with Crippen LogP contribution >= 0.6 is 0 Å². The van der Waals surface area contributed by atoms with Crippen molar-refractivity contribution in [2.75, 3.05) is 13.1 Å². The van der Waals surface area contributed by atoms with E-state index in [9.17, 15) is 4.79 Å². The summed E-state index contributed by atoms with van der Waals surface area (Å²) in [6.07, 6.45) is 8.37. The maximum atomic E-state index is 11.8. The second kappa shape index (κ2) is 4.60. The molecule has 0 spiro atoms. The largest absolute Gasteiger partial charge is 0.352 e. The van der Waals surface area contributed by atoms with Crippen molar-refractivity contribution in [2.24, 2.45) is 5.92 Å². The Morgan fingerprint density at radius 2 is 2.29 bits per heavy atom. The van der Waals surface area contributed by atoms with E-state index >= 15 is 0 Å². The van der Waals surface area contributed by atoms with Crippen LogP contribution in [-0.2, 0) is 4.79 Å². The summed E-state index contributed by atoms with van der Waals surface area (Å²) in [6.45, 7) is 1.98. The molecule has 0 aromatic heterocycles. The van der Waals surface area contributed by atoms with Crippen LogP contribution in [0.3, 0.4) is 0 Å². The van der Waals surface area contributed by atoms with Crippen LogP contribution in [0, 0.1) is 5.92 Å². The second-order valence-electron chi connectivity index (χ2n) is 4.18. The van der Waals surface area contributed by atoms with Gasteiger partial charge in [-0.25, -0.2) is 0 Å². The molecule has 0 bridgehead atoms. The van der Waals surface area contributed by atoms with Crippen LogP contribution in [0.2, 0.25) is 0 Å². The highest BCUT2D eigenvalue weighted by atomic mass is 16.1. The van der Waals surface area contributed by atoms with Crippen LogP contribution in [0.15, 0.2) is 12.2 Å². The number of rotatable bonds is 2. The SMILES string of the molecule is O=C(NC1CCNC1)C1CC=CCC1. The third kappa shape index (κ3) is 2.35. The standard InChI is InChI=1S/C11H18N2O/c14-11(9-4-2-1-3-5-9)13-10-6-7-12-8-10/h1-2,9-10,12H,3-8H2,(H,13,14). The molecule has 2 aliphatic rings. The molecule has 2 N–H and O–H groups in total. The molecule has 2 unspecified atom stereocenters. The number of carbonyl (C=O) groups excluding carboxylic acids is 1. The van der Waals surface area contributed by atoms with Crippen molar-refractivity contribution in [1.82, 2.24) is 10.6 Å². The Kier molecular flexibility index (Phi) is 3.19. The number of amides is 1. The van der Waals surface area contributed by atoms with E-state index in [1.165, 1.54) is 0 Å². The summed E-state index contributed by atoms with van der Waals surface area (Å²) < 4.78 is 0. The number of hydrogen-bond donors (Lipinski definition) is 2. The van der Waals surface area contributed by atoms with Gasteiger partial charge in [-0.1, -0.05) is 12.2 Å². The van der Waals surface area contributed by atoms with Crippen LogP contribution in [0.25, 0.3) is 0 Å². The van der Waals surface area contributed by atoms with E-state index in [1.54, 1.807) is 0 Å². The lowest BCUT2D eigenvalue weighted by Gasteiger charge is -2.19. The van der Waals surface area contributed by atoms with E-state index in [1.807, 2.05) is 0 Å². The first-order valence-electron chi connectivity index (χ1n) is 5.52. The van der Waals surface area contributed by atoms with Crippen molar-refractivity contribution in [3.8, 4) is 0 Å². The van der Waals surface area contributed by atoms with E-state index in [0.717, 1.165) is 38.8 Å². The first-order valence-corrected chi connectivity index (χ1v) is 5.52. The van der Waals surface area contributed by atoms with Gasteiger partial charge in [0.1, 0.15) is 0 Å². The summed E-state index contributed by atoms with van der Waals surface area (Å²) in [4.78, 5) is 11.8. The fourth-order valence-electron chi connectivity index (χ4n) is 2.13. The second-order valence-corrected chi connectivity index (χ2v) is 4.18. The van der Waals surface area contributed by atoms with Crippen LogP contribution in [-0.4, -0.2) is 25.0 Å². The molecule has 3 heteroatoms. The molecule has 14 heavy (non-hydrogen) atoms. The van der Waals surface area contributed by atoms with Crippen molar-refractivity contribution in [2.45, 2.75) is 31.7 Å². The zero-order chi connectivity index (χ0) is 9.80. The van der Waals surface area contributed by atoms with Gasteiger partial charge >= 0.3 is 0 Å². The third-order valence-electron chi connectivity index (χ3n) is 3.05. The highest BCUT2D eigenvalue weighted by Crippen LogP contribution is 2.18. The van der Waals surface area contributed by atoms with Gasteiger partial charge in [0.05, 0.1) is 0 Å². The Morgan fingerprint density at radius 3 is 2.93 bits per heavy atom. The topological polar surface area (TPSA) is 41.1 Å². The van der Waals surface area contributed by atoms with Gasteiger partial charge in [0.15, 0.2) is 0 Å². The maximum absolute atomic E-state index is 11.8. The Balaban J connectivity index is 1.79. The predicted molar refractivity (Wildman–Crippen MR) is 55.9 cm³/mol. The molecule has 1 aliphatic carbocycles. The van der Waals surface area contributed by atoms with E-state index in [-0.39, 0.29) is 11.8 Å². The molecule has 0 saturated carbocycles. The highest BCUT2D eigenvalue weighted by molar-refractivity contribution is 5.79. The molecule has 1 aliphatic heterocycles. The molecule has 1 saturated heterocycles. The minimum atomic E-state index is 0.223. The van der Waals surface area contributed by atoms with Gasteiger partial charge in [0, 0.05) is 18.5 Å². The van der Waals surface area contributed by atoms with Crippen molar-refractivity contribution in [3.63, 3.8) is 0 Å². The summed E-state index contributed by atoms with van der Waals surface area (Å²) in [6, 6.07) is 0.369. The third-order valence-corrected chi connectivity index (χ3v) is 3.05. The Bertz CT molecular complexity index is 231. The molecule has 2 atom stereocenters. The average molecular weight is 194 g/mol. The van der Waals surface area contributed by atoms with Crippen molar-refractivity contribution in [1.29, 1.82) is 0 Å². The summed E-state index contributed by atoms with van der Waals surface area (Å²) in [7, 11) is 0. The molecular weight excluding hydrogens is 176 g/mol. The lowest BCUT2D eigenvalue weighted by molar-refractivity contribution is -0.125. The zero-order valence-corrected chi connectivity index (χ0v) is 8.46. The van der Waals surface area contributed by atoms with E-state index < -0.39 is 0 Å². The minimum absolute atomic E-state index is 0.223. The summed E-state index contributed by atoms with van der Waals surface area (Å²) in [5.41, 5.74) is 0. The molecule has 3 nitrogen and oxygen atoms in total. The molecule has 0 aromatic rings. The molecule has 1 heterocycles. The smallest absolute Gasteiger partial charge is 0.223 e. The Hall–Kier alpha value is -0.830. The quantitative estimate of drug-likeness (QED) is 0.639. The first-order chi connectivity index (χ1) is 6.86.